The number of likely N-dealkylation sites (tertiary alicyclic amines) is 1. The number of unbranched alkanes of at least 4 members (excludes halogenated alkanes) is 2. The van der Waals surface area contributed by atoms with Crippen LogP contribution in [0.15, 0.2) is 48.0 Å². The quantitative estimate of drug-likeness (QED) is 0.270. The number of hydrogen-bond acceptors (Lipinski definition) is 6. The molecule has 0 aromatic heterocycles. The maximum atomic E-state index is 13.4. The van der Waals surface area contributed by atoms with Gasteiger partial charge in [-0.25, -0.2) is 4.39 Å². The number of nitrogens with zero attached hydrogens (tertiary/aromatic N) is 1. The molecule has 0 aliphatic carbocycles. The molecule has 33 heavy (non-hydrogen) atoms. The molecule has 2 aliphatic heterocycles. The van der Waals surface area contributed by atoms with E-state index in [0.29, 0.717) is 36.3 Å². The molecule has 2 aliphatic rings. The van der Waals surface area contributed by atoms with Crippen molar-refractivity contribution < 1.29 is 38.5 Å². The second-order valence-corrected chi connectivity index (χ2v) is 7.82. The number of aliphatic hydroxyl groups is 1. The summed E-state index contributed by atoms with van der Waals surface area (Å²) in [6.45, 7) is 0.252. The summed E-state index contributed by atoms with van der Waals surface area (Å²) in [4.78, 5) is 38.0. The summed E-state index contributed by atoms with van der Waals surface area (Å²) in [6, 6.07) is 9.12. The molecule has 1 fully saturated rings. The first-order valence-electron chi connectivity index (χ1n) is 10.5. The van der Waals surface area contributed by atoms with E-state index in [1.807, 2.05) is 0 Å². The Hall–Kier alpha value is -3.88. The molecule has 1 saturated heterocycles. The number of carboxylic acids is 1. The first-order chi connectivity index (χ1) is 15.9. The van der Waals surface area contributed by atoms with Gasteiger partial charge in [0.05, 0.1) is 11.6 Å². The topological polar surface area (TPSA) is 113 Å². The van der Waals surface area contributed by atoms with E-state index in [2.05, 4.69) is 0 Å². The standard InChI is InChI=1S/C24H22FNO7/c25-16-8-5-14(6-9-16)22(29)20-21(15-7-10-17-18(12-15)33-13-32-17)26(24(31)23(20)30)11-3-1-2-4-19(27)28/h5-10,12,21,29H,1-4,11,13H2,(H,27,28)/b22-20-. The van der Waals surface area contributed by atoms with Gasteiger partial charge in [0.1, 0.15) is 11.6 Å². The minimum Gasteiger partial charge on any atom is -0.507 e. The number of ether oxygens (including phenoxy) is 2. The van der Waals surface area contributed by atoms with Crippen LogP contribution in [0.5, 0.6) is 11.5 Å². The summed E-state index contributed by atoms with van der Waals surface area (Å²) in [5.41, 5.74) is 0.658. The molecule has 2 heterocycles. The summed E-state index contributed by atoms with van der Waals surface area (Å²) in [6.07, 6.45) is 1.51. The van der Waals surface area contributed by atoms with Crippen LogP contribution in [0.3, 0.4) is 0 Å². The van der Waals surface area contributed by atoms with Crippen molar-refractivity contribution in [3.8, 4) is 11.5 Å². The molecule has 2 aromatic carbocycles. The molecule has 0 saturated carbocycles. The van der Waals surface area contributed by atoms with Gasteiger partial charge < -0.3 is 24.6 Å². The monoisotopic (exact) mass is 455 g/mol. The highest BCUT2D eigenvalue weighted by molar-refractivity contribution is 6.46. The lowest BCUT2D eigenvalue weighted by Gasteiger charge is -2.25. The number of fused-ring (bicyclic) bond motifs is 1. The van der Waals surface area contributed by atoms with Crippen LogP contribution in [-0.2, 0) is 14.4 Å². The second-order valence-electron chi connectivity index (χ2n) is 7.82. The molecule has 0 spiro atoms. The second kappa shape index (κ2) is 9.32. The van der Waals surface area contributed by atoms with Crippen molar-refractivity contribution in [3.05, 3.63) is 65.0 Å². The summed E-state index contributed by atoms with van der Waals surface area (Å²) in [5, 5.41) is 19.8. The van der Waals surface area contributed by atoms with Gasteiger partial charge in [-0.15, -0.1) is 0 Å². The molecule has 9 heteroatoms. The first-order valence-corrected chi connectivity index (χ1v) is 10.5. The van der Waals surface area contributed by atoms with Gasteiger partial charge in [0.2, 0.25) is 6.79 Å². The first kappa shape index (κ1) is 22.3. The summed E-state index contributed by atoms with van der Waals surface area (Å²) < 4.78 is 24.1. The van der Waals surface area contributed by atoms with Crippen molar-refractivity contribution in [2.24, 2.45) is 0 Å². The number of halogens is 1. The zero-order valence-corrected chi connectivity index (χ0v) is 17.6. The molecule has 8 nitrogen and oxygen atoms in total. The van der Waals surface area contributed by atoms with Crippen LogP contribution in [-0.4, -0.2) is 46.1 Å². The molecule has 2 aromatic rings. The van der Waals surface area contributed by atoms with Gasteiger partial charge in [-0.05, 0) is 54.8 Å². The van der Waals surface area contributed by atoms with E-state index in [1.165, 1.54) is 17.0 Å². The molecule has 0 bridgehead atoms. The Kier molecular flexibility index (Phi) is 6.30. The third-order valence-electron chi connectivity index (χ3n) is 5.66. The molecule has 1 amide bonds. The summed E-state index contributed by atoms with van der Waals surface area (Å²) in [7, 11) is 0. The molecular weight excluding hydrogens is 433 g/mol. The van der Waals surface area contributed by atoms with Crippen molar-refractivity contribution in [1.29, 1.82) is 0 Å². The van der Waals surface area contributed by atoms with Crippen molar-refractivity contribution in [2.75, 3.05) is 13.3 Å². The number of aliphatic hydroxyl groups excluding tert-OH is 1. The lowest BCUT2D eigenvalue weighted by Crippen LogP contribution is -2.30. The Labute approximate surface area is 188 Å². The van der Waals surface area contributed by atoms with E-state index in [-0.39, 0.29) is 30.9 Å². The van der Waals surface area contributed by atoms with Crippen LogP contribution in [0, 0.1) is 5.82 Å². The fraction of sp³-hybridized carbons (Fsp3) is 0.292. The lowest BCUT2D eigenvalue weighted by atomic mass is 9.95. The van der Waals surface area contributed by atoms with Crippen molar-refractivity contribution in [3.63, 3.8) is 0 Å². The van der Waals surface area contributed by atoms with E-state index in [0.717, 1.165) is 12.1 Å². The molecular formula is C24H22FNO7. The summed E-state index contributed by atoms with van der Waals surface area (Å²) >= 11 is 0. The SMILES string of the molecule is O=C(O)CCCCCN1C(=O)C(=O)/C(=C(\O)c2ccc(F)cc2)C1c1ccc2c(c1)OCO2. The number of Topliss-reactive ketones (excluding diaryl/α,β-unsaturated/α-hetero) is 1. The maximum Gasteiger partial charge on any atom is 0.303 e. The number of hydrogen-bond donors (Lipinski definition) is 2. The molecule has 0 radical (unpaired) electrons. The number of aliphatic carboxylic acids is 1. The summed E-state index contributed by atoms with van der Waals surface area (Å²) in [5.74, 6) is -2.41. The van der Waals surface area contributed by atoms with E-state index >= 15 is 0 Å². The van der Waals surface area contributed by atoms with Gasteiger partial charge >= 0.3 is 5.97 Å². The normalized spacial score (nSPS) is 18.7. The van der Waals surface area contributed by atoms with Gasteiger partial charge in [0.15, 0.2) is 11.5 Å². The predicted molar refractivity (Wildman–Crippen MR) is 114 cm³/mol. The fourth-order valence-corrected chi connectivity index (χ4v) is 4.04. The highest BCUT2D eigenvalue weighted by Crippen LogP contribution is 2.43. The van der Waals surface area contributed by atoms with Crippen LogP contribution in [0.4, 0.5) is 4.39 Å². The van der Waals surface area contributed by atoms with E-state index < -0.39 is 35.3 Å². The number of benzene rings is 2. The zero-order valence-electron chi connectivity index (χ0n) is 17.6. The van der Waals surface area contributed by atoms with E-state index in [1.54, 1.807) is 18.2 Å². The number of carbonyl (C=O) groups excluding carboxylic acids is 2. The van der Waals surface area contributed by atoms with Gasteiger partial charge in [-0.1, -0.05) is 12.5 Å². The Bertz CT molecular complexity index is 1130. The van der Waals surface area contributed by atoms with Crippen molar-refractivity contribution >= 4 is 23.4 Å². The van der Waals surface area contributed by atoms with Crippen LogP contribution < -0.4 is 9.47 Å². The van der Waals surface area contributed by atoms with Gasteiger partial charge in [0.25, 0.3) is 11.7 Å². The molecule has 172 valence electrons. The Morgan fingerprint density at radius 1 is 1.00 bits per heavy atom. The minimum atomic E-state index is -0.893. The Morgan fingerprint density at radius 2 is 1.73 bits per heavy atom. The average Bonchev–Trinajstić information content (AvgIpc) is 3.36. The third kappa shape index (κ3) is 4.52. The molecule has 1 unspecified atom stereocenters. The third-order valence-corrected chi connectivity index (χ3v) is 5.66. The van der Waals surface area contributed by atoms with Gasteiger partial charge in [-0.2, -0.15) is 0 Å². The van der Waals surface area contributed by atoms with E-state index in [9.17, 15) is 23.9 Å². The highest BCUT2D eigenvalue weighted by atomic mass is 19.1. The lowest BCUT2D eigenvalue weighted by molar-refractivity contribution is -0.140. The minimum absolute atomic E-state index is 0.0228. The number of rotatable bonds is 8. The number of carboxylic acid groups (broad SMARTS) is 1. The largest absolute Gasteiger partial charge is 0.507 e. The Balaban J connectivity index is 1.70. The maximum absolute atomic E-state index is 13.4. The predicted octanol–water partition coefficient (Wildman–Crippen LogP) is 3.62. The molecule has 4 rings (SSSR count). The smallest absolute Gasteiger partial charge is 0.303 e. The Morgan fingerprint density at radius 3 is 2.45 bits per heavy atom. The number of ketones is 1. The molecule has 2 N–H and O–H groups in total. The van der Waals surface area contributed by atoms with Crippen LogP contribution in [0.1, 0.15) is 42.9 Å². The van der Waals surface area contributed by atoms with Crippen LogP contribution in [0.2, 0.25) is 0 Å². The number of carbonyl (C=O) groups is 3. The zero-order chi connectivity index (χ0) is 23.5. The molecule has 1 atom stereocenters. The fourth-order valence-electron chi connectivity index (χ4n) is 4.04. The van der Waals surface area contributed by atoms with Crippen LogP contribution in [0.25, 0.3) is 5.76 Å². The number of amides is 1. The van der Waals surface area contributed by atoms with Crippen molar-refractivity contribution in [2.45, 2.75) is 31.7 Å². The van der Waals surface area contributed by atoms with Crippen LogP contribution >= 0.6 is 0 Å². The average molecular weight is 455 g/mol. The van der Waals surface area contributed by atoms with Gasteiger partial charge in [-0.3, -0.25) is 14.4 Å². The van der Waals surface area contributed by atoms with Gasteiger partial charge in [0, 0.05) is 18.5 Å². The van der Waals surface area contributed by atoms with E-state index in [4.69, 9.17) is 14.6 Å². The highest BCUT2D eigenvalue weighted by Gasteiger charge is 2.46. The van der Waals surface area contributed by atoms with Crippen molar-refractivity contribution in [1.82, 2.24) is 4.90 Å².